The van der Waals surface area contributed by atoms with E-state index < -0.39 is 0 Å². The van der Waals surface area contributed by atoms with Gasteiger partial charge in [-0.05, 0) is 39.2 Å². The van der Waals surface area contributed by atoms with Crippen molar-refractivity contribution < 1.29 is 0 Å². The fourth-order valence-corrected chi connectivity index (χ4v) is 1.95. The lowest BCUT2D eigenvalue weighted by Crippen LogP contribution is -2.08. The van der Waals surface area contributed by atoms with Gasteiger partial charge in [-0.3, -0.25) is 4.99 Å². The third-order valence-electron chi connectivity index (χ3n) is 3.09. The van der Waals surface area contributed by atoms with E-state index in [9.17, 15) is 0 Å². The summed E-state index contributed by atoms with van der Waals surface area (Å²) in [6.07, 6.45) is 4.72. The maximum absolute atomic E-state index is 4.67. The zero-order chi connectivity index (χ0) is 10.8. The van der Waals surface area contributed by atoms with E-state index in [4.69, 9.17) is 0 Å². The quantitative estimate of drug-likeness (QED) is 0.702. The van der Waals surface area contributed by atoms with Crippen molar-refractivity contribution in [3.63, 3.8) is 0 Å². The second-order valence-electron chi connectivity index (χ2n) is 4.83. The maximum atomic E-state index is 4.67. The summed E-state index contributed by atoms with van der Waals surface area (Å²) in [7, 11) is 0. The third kappa shape index (κ3) is 2.57. The van der Waals surface area contributed by atoms with Crippen LogP contribution in [0.4, 0.5) is 0 Å². The average molecular weight is 204 g/mol. The first-order valence-corrected chi connectivity index (χ1v) is 5.79. The first kappa shape index (κ1) is 10.6. The molecule has 2 heteroatoms. The van der Waals surface area contributed by atoms with Crippen molar-refractivity contribution in [3.8, 4) is 0 Å². The number of nitrogens with one attached hydrogen (secondary N) is 1. The molecule has 0 spiro atoms. The molecule has 0 unspecified atom stereocenters. The average Bonchev–Trinajstić information content (AvgIpc) is 2.92. The van der Waals surface area contributed by atoms with Gasteiger partial charge in [0, 0.05) is 30.9 Å². The SMILES string of the molecule is CC(C)=C(N=CC1=C(C)CNC1)C1CC1. The van der Waals surface area contributed by atoms with Crippen LogP contribution in [0.5, 0.6) is 0 Å². The van der Waals surface area contributed by atoms with Gasteiger partial charge in [-0.15, -0.1) is 0 Å². The summed E-state index contributed by atoms with van der Waals surface area (Å²) in [5.74, 6) is 0.751. The van der Waals surface area contributed by atoms with Crippen molar-refractivity contribution in [2.75, 3.05) is 13.1 Å². The Labute approximate surface area is 92.2 Å². The second kappa shape index (κ2) is 4.31. The molecule has 1 fully saturated rings. The summed E-state index contributed by atoms with van der Waals surface area (Å²) < 4.78 is 0. The Morgan fingerprint density at radius 1 is 1.33 bits per heavy atom. The second-order valence-corrected chi connectivity index (χ2v) is 4.83. The molecule has 0 saturated heterocycles. The van der Waals surface area contributed by atoms with Crippen LogP contribution in [0.2, 0.25) is 0 Å². The lowest BCUT2D eigenvalue weighted by Gasteiger charge is -2.02. The number of hydrogen-bond donors (Lipinski definition) is 1. The van der Waals surface area contributed by atoms with Gasteiger partial charge < -0.3 is 5.32 Å². The highest BCUT2D eigenvalue weighted by molar-refractivity contribution is 5.82. The summed E-state index contributed by atoms with van der Waals surface area (Å²) in [6, 6.07) is 0. The number of allylic oxidation sites excluding steroid dienone is 2. The first-order chi connectivity index (χ1) is 7.18. The molecule has 0 radical (unpaired) electrons. The number of rotatable bonds is 3. The fraction of sp³-hybridized carbons (Fsp3) is 0.615. The molecule has 1 aliphatic carbocycles. The van der Waals surface area contributed by atoms with Crippen LogP contribution >= 0.6 is 0 Å². The molecule has 1 aliphatic heterocycles. The van der Waals surface area contributed by atoms with Crippen LogP contribution in [0.25, 0.3) is 0 Å². The molecular weight excluding hydrogens is 184 g/mol. The Morgan fingerprint density at radius 3 is 2.53 bits per heavy atom. The van der Waals surface area contributed by atoms with Gasteiger partial charge in [-0.25, -0.2) is 0 Å². The molecular formula is C13H20N2. The van der Waals surface area contributed by atoms with E-state index in [1.54, 1.807) is 0 Å². The van der Waals surface area contributed by atoms with Gasteiger partial charge in [-0.2, -0.15) is 0 Å². The van der Waals surface area contributed by atoms with Gasteiger partial charge in [0.15, 0.2) is 0 Å². The Hall–Kier alpha value is -0.890. The van der Waals surface area contributed by atoms with Gasteiger partial charge in [0.1, 0.15) is 0 Å². The summed E-state index contributed by atoms with van der Waals surface area (Å²) in [6.45, 7) is 8.52. The highest BCUT2D eigenvalue weighted by Gasteiger charge is 2.26. The summed E-state index contributed by atoms with van der Waals surface area (Å²) >= 11 is 0. The monoisotopic (exact) mass is 204 g/mol. The van der Waals surface area contributed by atoms with Crippen LogP contribution in [-0.4, -0.2) is 19.3 Å². The Bertz CT molecular complexity index is 340. The van der Waals surface area contributed by atoms with E-state index in [2.05, 4.69) is 37.3 Å². The van der Waals surface area contributed by atoms with Gasteiger partial charge in [0.2, 0.25) is 0 Å². The predicted molar refractivity (Wildman–Crippen MR) is 65.2 cm³/mol. The summed E-state index contributed by atoms with van der Waals surface area (Å²) in [4.78, 5) is 4.67. The van der Waals surface area contributed by atoms with Crippen molar-refractivity contribution in [1.29, 1.82) is 0 Å². The van der Waals surface area contributed by atoms with Crippen molar-refractivity contribution in [2.45, 2.75) is 33.6 Å². The zero-order valence-electron chi connectivity index (χ0n) is 9.93. The van der Waals surface area contributed by atoms with E-state index >= 15 is 0 Å². The predicted octanol–water partition coefficient (Wildman–Crippen LogP) is 2.68. The van der Waals surface area contributed by atoms with E-state index in [1.807, 2.05) is 0 Å². The standard InChI is InChI=1S/C13H20N2/c1-9(2)13(11-4-5-11)15-8-12-7-14-6-10(12)3/h8,11,14H,4-7H2,1-3H3. The van der Waals surface area contributed by atoms with Crippen LogP contribution in [0.1, 0.15) is 33.6 Å². The number of hydrogen-bond acceptors (Lipinski definition) is 2. The maximum Gasteiger partial charge on any atom is 0.0421 e. The fourth-order valence-electron chi connectivity index (χ4n) is 1.95. The minimum atomic E-state index is 0.751. The van der Waals surface area contributed by atoms with E-state index in [0.717, 1.165) is 19.0 Å². The number of aliphatic imine (C=N–C) groups is 1. The molecule has 0 aromatic rings. The highest BCUT2D eigenvalue weighted by atomic mass is 14.9. The molecule has 0 aromatic carbocycles. The van der Waals surface area contributed by atoms with Crippen LogP contribution < -0.4 is 5.32 Å². The molecule has 0 amide bonds. The molecule has 1 heterocycles. The molecule has 0 aromatic heterocycles. The van der Waals surface area contributed by atoms with Gasteiger partial charge in [0.05, 0.1) is 0 Å². The minimum Gasteiger partial charge on any atom is -0.309 e. The molecule has 2 nitrogen and oxygen atoms in total. The molecule has 82 valence electrons. The van der Waals surface area contributed by atoms with Crippen molar-refractivity contribution in [2.24, 2.45) is 10.9 Å². The lowest BCUT2D eigenvalue weighted by atomic mass is 10.1. The Kier molecular flexibility index (Phi) is 3.06. The third-order valence-corrected chi connectivity index (χ3v) is 3.09. The normalized spacial score (nSPS) is 21.5. The molecule has 2 aliphatic rings. The summed E-state index contributed by atoms with van der Waals surface area (Å²) in [5, 5.41) is 3.34. The van der Waals surface area contributed by atoms with Crippen LogP contribution in [0.15, 0.2) is 27.4 Å². The minimum absolute atomic E-state index is 0.751. The topological polar surface area (TPSA) is 24.4 Å². The summed E-state index contributed by atoms with van der Waals surface area (Å²) in [5.41, 5.74) is 5.50. The van der Waals surface area contributed by atoms with E-state index in [0.29, 0.717) is 0 Å². The Balaban J connectivity index is 2.09. The van der Waals surface area contributed by atoms with Gasteiger partial charge in [0.25, 0.3) is 0 Å². The van der Waals surface area contributed by atoms with Crippen molar-refractivity contribution in [3.05, 3.63) is 22.4 Å². The molecule has 15 heavy (non-hydrogen) atoms. The molecule has 1 N–H and O–H groups in total. The molecule has 0 atom stereocenters. The van der Waals surface area contributed by atoms with Crippen LogP contribution in [0.3, 0.4) is 0 Å². The molecule has 2 rings (SSSR count). The van der Waals surface area contributed by atoms with Crippen LogP contribution in [-0.2, 0) is 0 Å². The van der Waals surface area contributed by atoms with E-state index in [1.165, 1.54) is 35.3 Å². The van der Waals surface area contributed by atoms with Crippen molar-refractivity contribution in [1.82, 2.24) is 5.32 Å². The van der Waals surface area contributed by atoms with E-state index in [-0.39, 0.29) is 0 Å². The molecule has 0 bridgehead atoms. The van der Waals surface area contributed by atoms with Crippen molar-refractivity contribution >= 4 is 6.21 Å². The van der Waals surface area contributed by atoms with Gasteiger partial charge in [-0.1, -0.05) is 11.1 Å². The first-order valence-electron chi connectivity index (χ1n) is 5.79. The lowest BCUT2D eigenvalue weighted by molar-refractivity contribution is 0.870. The zero-order valence-corrected chi connectivity index (χ0v) is 9.93. The molecule has 1 saturated carbocycles. The van der Waals surface area contributed by atoms with Gasteiger partial charge >= 0.3 is 0 Å². The Morgan fingerprint density at radius 2 is 2.07 bits per heavy atom. The van der Waals surface area contributed by atoms with Crippen LogP contribution in [0, 0.1) is 5.92 Å². The largest absolute Gasteiger partial charge is 0.309 e. The smallest absolute Gasteiger partial charge is 0.0421 e. The number of nitrogens with zero attached hydrogens (tertiary/aromatic N) is 1. The highest BCUT2D eigenvalue weighted by Crippen LogP contribution is 2.38.